The summed E-state index contributed by atoms with van der Waals surface area (Å²) in [7, 11) is 0. The Bertz CT molecular complexity index is 926. The standard InChI is InChI=1S/C23H25NO4/c1-23(2,3)18-10-6-4-8-15(18)13-20(25)21(26)24-14-17(22(27)28)12-16-9-5-7-11-19(16)24/h4-11,17H,12-14H2,1-3H3,(H,27,28). The van der Waals surface area contributed by atoms with E-state index in [2.05, 4.69) is 20.8 Å². The smallest absolute Gasteiger partial charge is 0.308 e. The quantitative estimate of drug-likeness (QED) is 0.827. The number of benzene rings is 2. The number of ketones is 1. The second-order valence-electron chi connectivity index (χ2n) is 8.29. The average Bonchev–Trinajstić information content (AvgIpc) is 2.66. The Morgan fingerprint density at radius 1 is 1.04 bits per heavy atom. The van der Waals surface area contributed by atoms with Crippen molar-refractivity contribution in [1.82, 2.24) is 0 Å². The van der Waals surface area contributed by atoms with Crippen LogP contribution in [0.2, 0.25) is 0 Å². The number of anilines is 1. The molecule has 5 nitrogen and oxygen atoms in total. The molecule has 3 rings (SSSR count). The molecule has 0 bridgehead atoms. The molecule has 0 radical (unpaired) electrons. The van der Waals surface area contributed by atoms with E-state index in [-0.39, 0.29) is 18.4 Å². The van der Waals surface area contributed by atoms with Gasteiger partial charge in [0.25, 0.3) is 5.91 Å². The number of hydrogen-bond acceptors (Lipinski definition) is 3. The van der Waals surface area contributed by atoms with Gasteiger partial charge in [0, 0.05) is 18.7 Å². The summed E-state index contributed by atoms with van der Waals surface area (Å²) in [6, 6.07) is 14.8. The van der Waals surface area contributed by atoms with Crippen LogP contribution in [-0.2, 0) is 32.6 Å². The van der Waals surface area contributed by atoms with Crippen LogP contribution in [0.25, 0.3) is 0 Å². The van der Waals surface area contributed by atoms with Gasteiger partial charge in [-0.2, -0.15) is 0 Å². The molecule has 1 amide bonds. The lowest BCUT2D eigenvalue weighted by atomic mass is 9.82. The number of Topliss-reactive ketones (excluding diaryl/α,β-unsaturated/α-hetero) is 1. The highest BCUT2D eigenvalue weighted by atomic mass is 16.4. The summed E-state index contributed by atoms with van der Waals surface area (Å²) in [4.78, 5) is 38.7. The van der Waals surface area contributed by atoms with Gasteiger partial charge in [0.2, 0.25) is 5.78 Å². The SMILES string of the molecule is CC(C)(C)c1ccccc1CC(=O)C(=O)N1CC(C(=O)O)Cc2ccccc21. The van der Waals surface area contributed by atoms with Crippen LogP contribution in [0.15, 0.2) is 48.5 Å². The van der Waals surface area contributed by atoms with Gasteiger partial charge in [-0.3, -0.25) is 14.4 Å². The summed E-state index contributed by atoms with van der Waals surface area (Å²) in [6.07, 6.45) is 0.360. The predicted molar refractivity (Wildman–Crippen MR) is 107 cm³/mol. The maximum atomic E-state index is 13.0. The summed E-state index contributed by atoms with van der Waals surface area (Å²) in [5.41, 5.74) is 3.11. The molecular formula is C23H25NO4. The molecule has 2 aromatic rings. The van der Waals surface area contributed by atoms with E-state index in [0.717, 1.165) is 16.7 Å². The number of hydrogen-bond donors (Lipinski definition) is 1. The van der Waals surface area contributed by atoms with Crippen molar-refractivity contribution in [2.45, 2.75) is 39.0 Å². The van der Waals surface area contributed by atoms with Crippen LogP contribution in [-0.4, -0.2) is 29.3 Å². The molecule has 1 atom stereocenters. The summed E-state index contributed by atoms with van der Waals surface area (Å²) >= 11 is 0. The summed E-state index contributed by atoms with van der Waals surface area (Å²) in [6.45, 7) is 6.21. The third-order valence-corrected chi connectivity index (χ3v) is 5.16. The van der Waals surface area contributed by atoms with E-state index in [1.54, 1.807) is 12.1 Å². The monoisotopic (exact) mass is 379 g/mol. The fourth-order valence-electron chi connectivity index (χ4n) is 3.76. The molecule has 5 heteroatoms. The number of nitrogens with zero attached hydrogens (tertiary/aromatic N) is 1. The van der Waals surface area contributed by atoms with Crippen LogP contribution in [0.4, 0.5) is 5.69 Å². The maximum Gasteiger partial charge on any atom is 0.308 e. The fraction of sp³-hybridized carbons (Fsp3) is 0.348. The molecule has 0 aliphatic carbocycles. The molecule has 0 aromatic heterocycles. The minimum absolute atomic E-state index is 0.00266. The summed E-state index contributed by atoms with van der Waals surface area (Å²) < 4.78 is 0. The molecule has 0 saturated carbocycles. The first kappa shape index (κ1) is 19.8. The van der Waals surface area contributed by atoms with Gasteiger partial charge < -0.3 is 10.0 Å². The third kappa shape index (κ3) is 3.98. The Kier molecular flexibility index (Phi) is 5.36. The van der Waals surface area contributed by atoms with E-state index in [1.807, 2.05) is 36.4 Å². The molecule has 146 valence electrons. The molecule has 1 aliphatic heterocycles. The van der Waals surface area contributed by atoms with Crippen LogP contribution in [0.5, 0.6) is 0 Å². The zero-order valence-electron chi connectivity index (χ0n) is 16.4. The number of amides is 1. The molecule has 2 aromatic carbocycles. The summed E-state index contributed by atoms with van der Waals surface area (Å²) in [5.74, 6) is -2.86. The van der Waals surface area contributed by atoms with Crippen LogP contribution in [0.1, 0.15) is 37.5 Å². The molecule has 1 heterocycles. The van der Waals surface area contributed by atoms with Gasteiger partial charge in [-0.1, -0.05) is 63.2 Å². The number of carboxylic acids is 1. The Hall–Kier alpha value is -2.95. The number of fused-ring (bicyclic) bond motifs is 1. The number of carboxylic acid groups (broad SMARTS) is 1. The van der Waals surface area contributed by atoms with Gasteiger partial charge in [-0.05, 0) is 34.6 Å². The second kappa shape index (κ2) is 7.58. The minimum Gasteiger partial charge on any atom is -0.481 e. The first-order chi connectivity index (χ1) is 13.2. The zero-order chi connectivity index (χ0) is 20.5. The first-order valence-electron chi connectivity index (χ1n) is 9.42. The van der Waals surface area contributed by atoms with Gasteiger partial charge in [-0.25, -0.2) is 0 Å². The number of para-hydroxylation sites is 1. The first-order valence-corrected chi connectivity index (χ1v) is 9.42. The van der Waals surface area contributed by atoms with E-state index < -0.39 is 23.6 Å². The van der Waals surface area contributed by atoms with Crippen molar-refractivity contribution in [1.29, 1.82) is 0 Å². The van der Waals surface area contributed by atoms with Gasteiger partial charge in [0.15, 0.2) is 0 Å². The third-order valence-electron chi connectivity index (χ3n) is 5.16. The van der Waals surface area contributed by atoms with Crippen LogP contribution in [0, 0.1) is 5.92 Å². The van der Waals surface area contributed by atoms with Gasteiger partial charge >= 0.3 is 5.97 Å². The highest BCUT2D eigenvalue weighted by Crippen LogP contribution is 2.31. The number of carbonyl (C=O) groups is 3. The van der Waals surface area contributed by atoms with Crippen molar-refractivity contribution in [3.05, 3.63) is 65.2 Å². The second-order valence-corrected chi connectivity index (χ2v) is 8.29. The maximum absolute atomic E-state index is 13.0. The van der Waals surface area contributed by atoms with E-state index in [1.165, 1.54) is 4.90 Å². The van der Waals surface area contributed by atoms with Crippen LogP contribution >= 0.6 is 0 Å². The minimum atomic E-state index is -0.960. The highest BCUT2D eigenvalue weighted by molar-refractivity contribution is 6.41. The molecule has 1 aliphatic rings. The topological polar surface area (TPSA) is 74.7 Å². The van der Waals surface area contributed by atoms with E-state index in [9.17, 15) is 19.5 Å². The lowest BCUT2D eigenvalue weighted by Crippen LogP contribution is -2.46. The highest BCUT2D eigenvalue weighted by Gasteiger charge is 2.34. The van der Waals surface area contributed by atoms with Gasteiger partial charge in [-0.15, -0.1) is 0 Å². The normalized spacial score (nSPS) is 16.4. The van der Waals surface area contributed by atoms with Crippen molar-refractivity contribution in [3.63, 3.8) is 0 Å². The fourth-order valence-corrected chi connectivity index (χ4v) is 3.76. The Morgan fingerprint density at radius 3 is 2.36 bits per heavy atom. The average molecular weight is 379 g/mol. The molecule has 0 spiro atoms. The molecule has 1 unspecified atom stereocenters. The Balaban J connectivity index is 1.88. The largest absolute Gasteiger partial charge is 0.481 e. The van der Waals surface area contributed by atoms with Gasteiger partial charge in [0.1, 0.15) is 0 Å². The molecule has 0 saturated heterocycles. The van der Waals surface area contributed by atoms with Gasteiger partial charge in [0.05, 0.1) is 5.92 Å². The van der Waals surface area contributed by atoms with Crippen molar-refractivity contribution >= 4 is 23.3 Å². The lowest BCUT2D eigenvalue weighted by molar-refractivity contribution is -0.142. The molecular weight excluding hydrogens is 354 g/mol. The number of rotatable bonds is 4. The summed E-state index contributed by atoms with van der Waals surface area (Å²) in [5, 5.41) is 9.44. The van der Waals surface area contributed by atoms with E-state index in [0.29, 0.717) is 12.1 Å². The molecule has 1 N–H and O–H groups in total. The Morgan fingerprint density at radius 2 is 1.68 bits per heavy atom. The predicted octanol–water partition coefficient (Wildman–Crippen LogP) is 3.39. The van der Waals surface area contributed by atoms with Crippen LogP contribution in [0.3, 0.4) is 0 Å². The number of aliphatic carboxylic acids is 1. The molecule has 0 fully saturated rings. The Labute approximate surface area is 165 Å². The van der Waals surface area contributed by atoms with E-state index in [4.69, 9.17) is 0 Å². The lowest BCUT2D eigenvalue weighted by Gasteiger charge is -2.32. The number of carbonyl (C=O) groups excluding carboxylic acids is 2. The van der Waals surface area contributed by atoms with E-state index >= 15 is 0 Å². The van der Waals surface area contributed by atoms with Crippen molar-refractivity contribution in [2.75, 3.05) is 11.4 Å². The zero-order valence-corrected chi connectivity index (χ0v) is 16.4. The van der Waals surface area contributed by atoms with Crippen LogP contribution < -0.4 is 4.90 Å². The van der Waals surface area contributed by atoms with Crippen molar-refractivity contribution in [3.8, 4) is 0 Å². The van der Waals surface area contributed by atoms with Crippen molar-refractivity contribution < 1.29 is 19.5 Å². The molecule has 28 heavy (non-hydrogen) atoms. The van der Waals surface area contributed by atoms with Crippen molar-refractivity contribution in [2.24, 2.45) is 5.92 Å².